The van der Waals surface area contributed by atoms with Gasteiger partial charge in [0.1, 0.15) is 11.5 Å². The first-order valence-electron chi connectivity index (χ1n) is 4.82. The Balaban J connectivity index is 2.07. The maximum atomic E-state index is 5.79. The second-order valence-corrected chi connectivity index (χ2v) is 3.53. The van der Waals surface area contributed by atoms with E-state index in [4.69, 9.17) is 4.74 Å². The van der Waals surface area contributed by atoms with Gasteiger partial charge in [-0.25, -0.2) is 0 Å². The topological polar surface area (TPSA) is 21.3 Å². The highest BCUT2D eigenvalue weighted by atomic mass is 16.5. The highest BCUT2D eigenvalue weighted by molar-refractivity contribution is 5.47. The molecule has 0 radical (unpaired) electrons. The molecule has 2 heteroatoms. The van der Waals surface area contributed by atoms with Gasteiger partial charge in [0.05, 0.1) is 0 Å². The van der Waals surface area contributed by atoms with Crippen LogP contribution in [0.2, 0.25) is 0 Å². The lowest BCUT2D eigenvalue weighted by Gasteiger charge is -2.24. The number of ether oxygens (including phenoxy) is 1. The summed E-state index contributed by atoms with van der Waals surface area (Å²) in [5.41, 5.74) is 2.51. The molecule has 0 saturated carbocycles. The molecule has 14 heavy (non-hydrogen) atoms. The average molecular weight is 185 g/mol. The van der Waals surface area contributed by atoms with E-state index in [9.17, 15) is 0 Å². The SMILES string of the molecule is C1=C2Cc3ccccc3OC2=CCN1. The second-order valence-electron chi connectivity index (χ2n) is 3.53. The van der Waals surface area contributed by atoms with Crippen LogP contribution in [0.15, 0.2) is 47.9 Å². The molecule has 1 N–H and O–H groups in total. The van der Waals surface area contributed by atoms with Crippen molar-refractivity contribution in [1.82, 2.24) is 5.32 Å². The molecule has 0 atom stereocenters. The van der Waals surface area contributed by atoms with E-state index in [1.54, 1.807) is 0 Å². The van der Waals surface area contributed by atoms with Crippen molar-refractivity contribution in [2.45, 2.75) is 6.42 Å². The quantitative estimate of drug-likeness (QED) is 0.667. The molecule has 0 unspecified atom stereocenters. The molecule has 2 aliphatic heterocycles. The number of fused-ring (bicyclic) bond motifs is 2. The van der Waals surface area contributed by atoms with Crippen LogP contribution >= 0.6 is 0 Å². The van der Waals surface area contributed by atoms with Gasteiger partial charge < -0.3 is 10.1 Å². The zero-order valence-corrected chi connectivity index (χ0v) is 7.79. The molecule has 2 aliphatic rings. The van der Waals surface area contributed by atoms with Gasteiger partial charge in [-0.3, -0.25) is 0 Å². The van der Waals surface area contributed by atoms with Crippen molar-refractivity contribution in [2.24, 2.45) is 0 Å². The number of dihydropyridines is 1. The lowest BCUT2D eigenvalue weighted by molar-refractivity contribution is 0.408. The first kappa shape index (κ1) is 7.68. The number of rotatable bonds is 0. The number of nitrogens with one attached hydrogen (secondary N) is 1. The lowest BCUT2D eigenvalue weighted by atomic mass is 9.99. The number of hydrogen-bond donors (Lipinski definition) is 1. The van der Waals surface area contributed by atoms with Gasteiger partial charge in [-0.15, -0.1) is 0 Å². The van der Waals surface area contributed by atoms with Gasteiger partial charge in [0, 0.05) is 24.7 Å². The Morgan fingerprint density at radius 3 is 3.14 bits per heavy atom. The molecule has 0 aliphatic carbocycles. The van der Waals surface area contributed by atoms with Gasteiger partial charge in [-0.05, 0) is 17.7 Å². The highest BCUT2D eigenvalue weighted by Crippen LogP contribution is 2.32. The van der Waals surface area contributed by atoms with E-state index >= 15 is 0 Å². The van der Waals surface area contributed by atoms with Crippen molar-refractivity contribution in [3.8, 4) is 5.75 Å². The third kappa shape index (κ3) is 1.11. The summed E-state index contributed by atoms with van der Waals surface area (Å²) in [5.74, 6) is 2.01. The van der Waals surface area contributed by atoms with Crippen LogP contribution in [0.3, 0.4) is 0 Å². The van der Waals surface area contributed by atoms with Crippen molar-refractivity contribution in [3.63, 3.8) is 0 Å². The molecular weight excluding hydrogens is 174 g/mol. The van der Waals surface area contributed by atoms with E-state index in [2.05, 4.69) is 17.5 Å². The van der Waals surface area contributed by atoms with Gasteiger partial charge >= 0.3 is 0 Å². The zero-order chi connectivity index (χ0) is 9.38. The fraction of sp³-hybridized carbons (Fsp3) is 0.167. The minimum absolute atomic E-state index is 0.862. The predicted molar refractivity (Wildman–Crippen MR) is 54.9 cm³/mol. The monoisotopic (exact) mass is 185 g/mol. The van der Waals surface area contributed by atoms with E-state index in [-0.39, 0.29) is 0 Å². The van der Waals surface area contributed by atoms with Gasteiger partial charge in [-0.2, -0.15) is 0 Å². The van der Waals surface area contributed by atoms with Crippen molar-refractivity contribution < 1.29 is 4.74 Å². The molecule has 0 spiro atoms. The van der Waals surface area contributed by atoms with E-state index in [1.807, 2.05) is 24.4 Å². The van der Waals surface area contributed by atoms with Crippen LogP contribution in [-0.2, 0) is 6.42 Å². The maximum absolute atomic E-state index is 5.79. The minimum atomic E-state index is 0.862. The Labute approximate surface area is 82.9 Å². The molecule has 1 aromatic carbocycles. The Morgan fingerprint density at radius 1 is 1.21 bits per heavy atom. The summed E-state index contributed by atoms with van der Waals surface area (Å²) in [7, 11) is 0. The molecule has 1 aromatic rings. The molecule has 3 rings (SSSR count). The molecule has 0 saturated heterocycles. The van der Waals surface area contributed by atoms with Crippen LogP contribution in [0.4, 0.5) is 0 Å². The molecule has 2 heterocycles. The summed E-state index contributed by atoms with van der Waals surface area (Å²) < 4.78 is 5.79. The van der Waals surface area contributed by atoms with Crippen LogP contribution in [-0.4, -0.2) is 6.54 Å². The third-order valence-electron chi connectivity index (χ3n) is 2.57. The minimum Gasteiger partial charge on any atom is -0.457 e. The van der Waals surface area contributed by atoms with Crippen LogP contribution in [0, 0.1) is 0 Å². The van der Waals surface area contributed by atoms with E-state index < -0.39 is 0 Å². The molecule has 70 valence electrons. The summed E-state index contributed by atoms with van der Waals surface area (Å²) in [6, 6.07) is 8.19. The molecule has 0 bridgehead atoms. The smallest absolute Gasteiger partial charge is 0.130 e. The largest absolute Gasteiger partial charge is 0.457 e. The van der Waals surface area contributed by atoms with Crippen molar-refractivity contribution in [3.05, 3.63) is 53.4 Å². The van der Waals surface area contributed by atoms with Crippen LogP contribution in [0.5, 0.6) is 5.75 Å². The van der Waals surface area contributed by atoms with Crippen LogP contribution in [0.1, 0.15) is 5.56 Å². The molecule has 0 amide bonds. The van der Waals surface area contributed by atoms with Crippen LogP contribution in [0.25, 0.3) is 0 Å². The summed E-state index contributed by atoms with van der Waals surface area (Å²) in [6.45, 7) is 0.862. The summed E-state index contributed by atoms with van der Waals surface area (Å²) in [4.78, 5) is 0. The number of hydrogen-bond acceptors (Lipinski definition) is 2. The standard InChI is InChI=1S/C12H11NO/c1-2-4-11-9(3-1)7-10-8-13-6-5-12(10)14-11/h1-5,8,13H,6-7H2. The van der Waals surface area contributed by atoms with Gasteiger partial charge in [0.2, 0.25) is 0 Å². The third-order valence-corrected chi connectivity index (χ3v) is 2.57. The summed E-state index contributed by atoms with van der Waals surface area (Å²) in [6.07, 6.45) is 5.10. The number of para-hydroxylation sites is 1. The first-order chi connectivity index (χ1) is 6.93. The fourth-order valence-electron chi connectivity index (χ4n) is 1.85. The number of allylic oxidation sites excluding steroid dienone is 1. The fourth-order valence-corrected chi connectivity index (χ4v) is 1.85. The Bertz CT molecular complexity index is 391. The van der Waals surface area contributed by atoms with Gasteiger partial charge in [0.15, 0.2) is 0 Å². The van der Waals surface area contributed by atoms with Crippen molar-refractivity contribution in [1.29, 1.82) is 0 Å². The average Bonchev–Trinajstić information content (AvgIpc) is 2.26. The Morgan fingerprint density at radius 2 is 2.14 bits per heavy atom. The van der Waals surface area contributed by atoms with E-state index in [0.29, 0.717) is 0 Å². The van der Waals surface area contributed by atoms with E-state index in [1.165, 1.54) is 11.1 Å². The highest BCUT2D eigenvalue weighted by Gasteiger charge is 2.19. The van der Waals surface area contributed by atoms with Gasteiger partial charge in [-0.1, -0.05) is 18.2 Å². The molecule has 0 aromatic heterocycles. The van der Waals surface area contributed by atoms with Gasteiger partial charge in [0.25, 0.3) is 0 Å². The lowest BCUT2D eigenvalue weighted by Crippen LogP contribution is -2.20. The second kappa shape index (κ2) is 2.91. The maximum Gasteiger partial charge on any atom is 0.130 e. The van der Waals surface area contributed by atoms with Crippen molar-refractivity contribution in [2.75, 3.05) is 6.54 Å². The Kier molecular flexibility index (Phi) is 1.60. The predicted octanol–water partition coefficient (Wildman–Crippen LogP) is 1.99. The number of benzene rings is 1. The first-order valence-corrected chi connectivity index (χ1v) is 4.82. The van der Waals surface area contributed by atoms with E-state index in [0.717, 1.165) is 24.5 Å². The normalized spacial score (nSPS) is 18.0. The summed E-state index contributed by atoms with van der Waals surface area (Å²) >= 11 is 0. The van der Waals surface area contributed by atoms with Crippen LogP contribution < -0.4 is 10.1 Å². The Hall–Kier alpha value is -1.70. The molecule has 0 fully saturated rings. The molecular formula is C12H11NO. The molecule has 2 nitrogen and oxygen atoms in total. The van der Waals surface area contributed by atoms with Crippen molar-refractivity contribution >= 4 is 0 Å². The summed E-state index contributed by atoms with van der Waals surface area (Å²) in [5, 5.41) is 3.20. The zero-order valence-electron chi connectivity index (χ0n) is 7.79.